The monoisotopic (exact) mass is 477 g/mol. The molecule has 4 rings (SSSR count). The van der Waals surface area contributed by atoms with Gasteiger partial charge in [0.05, 0.1) is 24.0 Å². The number of hydrogen-bond acceptors (Lipinski definition) is 5. The molecular weight excluding hydrogens is 454 g/mol. The molecule has 2 fully saturated rings. The predicted molar refractivity (Wildman–Crippen MR) is 121 cm³/mol. The van der Waals surface area contributed by atoms with Crippen LogP contribution in [0.25, 0.3) is 0 Å². The van der Waals surface area contributed by atoms with E-state index in [1.54, 1.807) is 23.1 Å². The lowest BCUT2D eigenvalue weighted by Crippen LogP contribution is -2.40. The van der Waals surface area contributed by atoms with Gasteiger partial charge in [-0.1, -0.05) is 17.7 Å². The second-order valence-corrected chi connectivity index (χ2v) is 10.2. The third-order valence-corrected chi connectivity index (χ3v) is 8.01. The lowest BCUT2D eigenvalue weighted by Gasteiger charge is -2.26. The second-order valence-electron chi connectivity index (χ2n) is 7.87. The number of rotatable bonds is 5. The summed E-state index contributed by atoms with van der Waals surface area (Å²) in [6.07, 6.45) is 0.0980. The van der Waals surface area contributed by atoms with Crippen molar-refractivity contribution in [3.63, 3.8) is 0 Å². The van der Waals surface area contributed by atoms with Crippen molar-refractivity contribution in [1.82, 2.24) is 4.31 Å². The van der Waals surface area contributed by atoms with Gasteiger partial charge in [-0.3, -0.25) is 9.59 Å². The minimum Gasteiger partial charge on any atom is -0.379 e. The minimum absolute atomic E-state index is 0.0980. The molecule has 0 aromatic heterocycles. The first-order chi connectivity index (χ1) is 15.3. The van der Waals surface area contributed by atoms with E-state index >= 15 is 0 Å². The van der Waals surface area contributed by atoms with Crippen LogP contribution in [-0.4, -0.2) is 57.4 Å². The van der Waals surface area contributed by atoms with Crippen molar-refractivity contribution in [2.45, 2.75) is 18.2 Å². The van der Waals surface area contributed by atoms with E-state index in [0.29, 0.717) is 42.7 Å². The summed E-state index contributed by atoms with van der Waals surface area (Å²) >= 11 is 6.17. The number of sulfonamides is 1. The van der Waals surface area contributed by atoms with E-state index in [1.807, 2.05) is 19.1 Å². The predicted octanol–water partition coefficient (Wildman–Crippen LogP) is 2.66. The summed E-state index contributed by atoms with van der Waals surface area (Å²) < 4.78 is 32.0. The SMILES string of the molecule is Cc1ccc(N2C[C@@H](C(=O)Nc3ccc(S(=O)(=O)N4CCOCC4)cc3)CC2=O)cc1Cl. The number of benzene rings is 2. The number of morpholine rings is 1. The number of nitrogens with zero attached hydrogens (tertiary/aromatic N) is 2. The molecule has 2 aliphatic heterocycles. The van der Waals surface area contributed by atoms with Crippen LogP contribution >= 0.6 is 11.6 Å². The zero-order chi connectivity index (χ0) is 22.9. The van der Waals surface area contributed by atoms with E-state index in [9.17, 15) is 18.0 Å². The third kappa shape index (κ3) is 4.66. The summed E-state index contributed by atoms with van der Waals surface area (Å²) in [5.41, 5.74) is 2.05. The van der Waals surface area contributed by atoms with Crippen LogP contribution in [0.5, 0.6) is 0 Å². The molecule has 2 aromatic carbocycles. The summed E-state index contributed by atoms with van der Waals surface area (Å²) in [6, 6.07) is 11.4. The number of halogens is 1. The van der Waals surface area contributed by atoms with Gasteiger partial charge < -0.3 is 15.0 Å². The molecule has 1 atom stereocenters. The third-order valence-electron chi connectivity index (χ3n) is 5.69. The summed E-state index contributed by atoms with van der Waals surface area (Å²) in [4.78, 5) is 26.9. The molecule has 10 heteroatoms. The van der Waals surface area contributed by atoms with Crippen molar-refractivity contribution in [2.75, 3.05) is 43.1 Å². The van der Waals surface area contributed by atoms with Gasteiger partial charge in [0.15, 0.2) is 0 Å². The number of nitrogens with one attached hydrogen (secondary N) is 1. The first-order valence-corrected chi connectivity index (χ1v) is 12.1. The molecule has 2 aromatic rings. The number of anilines is 2. The number of ether oxygens (including phenoxy) is 1. The smallest absolute Gasteiger partial charge is 0.243 e. The Balaban J connectivity index is 1.41. The largest absolute Gasteiger partial charge is 0.379 e. The number of amides is 2. The Morgan fingerprint density at radius 1 is 1.12 bits per heavy atom. The molecule has 0 bridgehead atoms. The fourth-order valence-electron chi connectivity index (χ4n) is 3.77. The molecule has 32 heavy (non-hydrogen) atoms. The molecule has 2 aliphatic rings. The summed E-state index contributed by atoms with van der Waals surface area (Å²) in [5.74, 6) is -0.945. The zero-order valence-corrected chi connectivity index (χ0v) is 19.2. The van der Waals surface area contributed by atoms with Crippen molar-refractivity contribution < 1.29 is 22.7 Å². The van der Waals surface area contributed by atoms with Crippen LogP contribution in [0, 0.1) is 12.8 Å². The fourth-order valence-corrected chi connectivity index (χ4v) is 5.36. The van der Waals surface area contributed by atoms with Crippen molar-refractivity contribution in [3.8, 4) is 0 Å². The Morgan fingerprint density at radius 3 is 2.47 bits per heavy atom. The molecule has 0 spiro atoms. The average molecular weight is 478 g/mol. The van der Waals surface area contributed by atoms with Crippen LogP contribution < -0.4 is 10.2 Å². The maximum Gasteiger partial charge on any atom is 0.243 e. The van der Waals surface area contributed by atoms with Crippen LogP contribution in [0.4, 0.5) is 11.4 Å². The van der Waals surface area contributed by atoms with E-state index < -0.39 is 15.9 Å². The molecule has 2 heterocycles. The molecule has 2 amide bonds. The Morgan fingerprint density at radius 2 is 1.81 bits per heavy atom. The summed E-state index contributed by atoms with van der Waals surface area (Å²) in [6.45, 7) is 3.52. The van der Waals surface area contributed by atoms with E-state index in [4.69, 9.17) is 16.3 Å². The summed E-state index contributed by atoms with van der Waals surface area (Å²) in [7, 11) is -3.60. The van der Waals surface area contributed by atoms with Crippen LogP contribution in [0.15, 0.2) is 47.4 Å². The van der Waals surface area contributed by atoms with Gasteiger partial charge >= 0.3 is 0 Å². The topological polar surface area (TPSA) is 96.0 Å². The van der Waals surface area contributed by atoms with Gasteiger partial charge in [-0.2, -0.15) is 4.31 Å². The summed E-state index contributed by atoms with van der Waals surface area (Å²) in [5, 5.41) is 3.35. The fraction of sp³-hybridized carbons (Fsp3) is 0.364. The Kier molecular flexibility index (Phi) is 6.52. The first kappa shape index (κ1) is 22.7. The highest BCUT2D eigenvalue weighted by atomic mass is 35.5. The van der Waals surface area contributed by atoms with E-state index in [0.717, 1.165) is 5.56 Å². The van der Waals surface area contributed by atoms with Gasteiger partial charge in [0, 0.05) is 42.5 Å². The van der Waals surface area contributed by atoms with Gasteiger partial charge in [-0.15, -0.1) is 0 Å². The number of carbonyl (C=O) groups is 2. The normalized spacial score (nSPS) is 19.9. The van der Waals surface area contributed by atoms with Crippen LogP contribution in [0.1, 0.15) is 12.0 Å². The molecule has 0 aliphatic carbocycles. The van der Waals surface area contributed by atoms with Gasteiger partial charge in [0.1, 0.15) is 0 Å². The standard InChI is InChI=1S/C22H24ClN3O5S/c1-15-2-5-18(13-20(15)23)26-14-16(12-21(26)27)22(28)24-17-3-6-19(7-4-17)32(29,30)25-8-10-31-11-9-25/h2-7,13,16H,8-12,14H2,1H3,(H,24,28)/t16-/m0/s1. The molecule has 2 saturated heterocycles. The van der Waals surface area contributed by atoms with Gasteiger partial charge in [-0.25, -0.2) is 8.42 Å². The van der Waals surface area contributed by atoms with E-state index in [1.165, 1.54) is 16.4 Å². The van der Waals surface area contributed by atoms with Crippen molar-refractivity contribution in [1.29, 1.82) is 0 Å². The maximum atomic E-state index is 12.7. The minimum atomic E-state index is -3.60. The molecule has 0 saturated carbocycles. The number of hydrogen-bond donors (Lipinski definition) is 1. The Bertz CT molecular complexity index is 1130. The highest BCUT2D eigenvalue weighted by molar-refractivity contribution is 7.89. The molecule has 1 N–H and O–H groups in total. The zero-order valence-electron chi connectivity index (χ0n) is 17.6. The second kappa shape index (κ2) is 9.19. The first-order valence-electron chi connectivity index (χ1n) is 10.3. The molecule has 0 unspecified atom stereocenters. The Hall–Kier alpha value is -2.46. The maximum absolute atomic E-state index is 12.7. The van der Waals surface area contributed by atoms with Crippen molar-refractivity contribution in [2.24, 2.45) is 5.92 Å². The van der Waals surface area contributed by atoms with Gasteiger partial charge in [-0.05, 0) is 48.9 Å². The van der Waals surface area contributed by atoms with Crippen molar-refractivity contribution >= 4 is 44.8 Å². The quantitative estimate of drug-likeness (QED) is 0.714. The number of carbonyl (C=O) groups excluding carboxylic acids is 2. The lowest BCUT2D eigenvalue weighted by atomic mass is 10.1. The molecule has 8 nitrogen and oxygen atoms in total. The van der Waals surface area contributed by atoms with Gasteiger partial charge in [0.25, 0.3) is 0 Å². The molecular formula is C22H24ClN3O5S. The van der Waals surface area contributed by atoms with Gasteiger partial charge in [0.2, 0.25) is 21.8 Å². The van der Waals surface area contributed by atoms with Crippen LogP contribution in [-0.2, 0) is 24.3 Å². The molecule has 170 valence electrons. The molecule has 0 radical (unpaired) electrons. The number of aryl methyl sites for hydroxylation is 1. The van der Waals surface area contributed by atoms with Crippen LogP contribution in [0.3, 0.4) is 0 Å². The highest BCUT2D eigenvalue weighted by Crippen LogP contribution is 2.29. The average Bonchev–Trinajstić information content (AvgIpc) is 3.18. The highest BCUT2D eigenvalue weighted by Gasteiger charge is 2.35. The van der Waals surface area contributed by atoms with E-state index in [-0.39, 0.29) is 29.7 Å². The Labute approximate surface area is 192 Å². The van der Waals surface area contributed by atoms with Crippen LogP contribution in [0.2, 0.25) is 5.02 Å². The van der Waals surface area contributed by atoms with Crippen molar-refractivity contribution in [3.05, 3.63) is 53.1 Å². The van der Waals surface area contributed by atoms with E-state index in [2.05, 4.69) is 5.32 Å². The lowest BCUT2D eigenvalue weighted by molar-refractivity contribution is -0.122.